The molecule has 7 heteroatoms. The Labute approximate surface area is 157 Å². The van der Waals surface area contributed by atoms with Crippen LogP contribution in [0.1, 0.15) is 17.9 Å². The van der Waals surface area contributed by atoms with E-state index in [0.717, 1.165) is 11.1 Å². The lowest BCUT2D eigenvalue weighted by molar-refractivity contribution is -0.116. The number of rotatable bonds is 7. The Morgan fingerprint density at radius 2 is 1.85 bits per heavy atom. The minimum atomic E-state index is -0.184. The summed E-state index contributed by atoms with van der Waals surface area (Å²) in [5.41, 5.74) is 2.56. The lowest BCUT2D eigenvalue weighted by Gasteiger charge is -2.11. The largest absolute Gasteiger partial charge is 0.497 e. The van der Waals surface area contributed by atoms with Crippen LogP contribution in [-0.4, -0.2) is 30.3 Å². The van der Waals surface area contributed by atoms with Crippen molar-refractivity contribution in [2.45, 2.75) is 19.8 Å². The maximum absolute atomic E-state index is 12.3. The second kappa shape index (κ2) is 8.35. The Balaban J connectivity index is 1.61. The van der Waals surface area contributed by atoms with Crippen molar-refractivity contribution in [2.24, 2.45) is 0 Å². The predicted molar refractivity (Wildman–Crippen MR) is 101 cm³/mol. The van der Waals surface area contributed by atoms with Crippen molar-refractivity contribution < 1.29 is 18.7 Å². The topological polar surface area (TPSA) is 86.5 Å². The maximum Gasteiger partial charge on any atom is 0.247 e. The van der Waals surface area contributed by atoms with Crippen LogP contribution in [0.3, 0.4) is 0 Å². The molecule has 0 bridgehead atoms. The zero-order valence-corrected chi connectivity index (χ0v) is 15.5. The molecule has 27 heavy (non-hydrogen) atoms. The Bertz CT molecular complexity index is 919. The van der Waals surface area contributed by atoms with Gasteiger partial charge in [-0.1, -0.05) is 17.7 Å². The van der Waals surface area contributed by atoms with Crippen LogP contribution in [0.25, 0.3) is 11.5 Å². The number of carbonyl (C=O) groups is 1. The number of benzene rings is 2. The fourth-order valence-corrected chi connectivity index (χ4v) is 2.51. The SMILES string of the molecule is COc1ccc(OC)c(NC(=O)CCc2nnc(-c3ccc(C)cc3)o2)c1. The maximum atomic E-state index is 12.3. The number of ether oxygens (including phenoxy) is 2. The number of nitrogens with one attached hydrogen (secondary N) is 1. The summed E-state index contributed by atoms with van der Waals surface area (Å²) in [6.45, 7) is 2.01. The van der Waals surface area contributed by atoms with E-state index in [1.807, 2.05) is 31.2 Å². The minimum Gasteiger partial charge on any atom is -0.497 e. The van der Waals surface area contributed by atoms with Gasteiger partial charge >= 0.3 is 0 Å². The zero-order chi connectivity index (χ0) is 19.2. The standard InChI is InChI=1S/C20H21N3O4/c1-13-4-6-14(7-5-13)20-23-22-19(27-20)11-10-18(24)21-16-12-15(25-2)8-9-17(16)26-3/h4-9,12H,10-11H2,1-3H3,(H,21,24). The number of amides is 1. The molecule has 0 saturated carbocycles. The fourth-order valence-electron chi connectivity index (χ4n) is 2.51. The van der Waals surface area contributed by atoms with E-state index in [0.29, 0.717) is 35.4 Å². The minimum absolute atomic E-state index is 0.184. The summed E-state index contributed by atoms with van der Waals surface area (Å²) < 4.78 is 16.1. The van der Waals surface area contributed by atoms with E-state index < -0.39 is 0 Å². The summed E-state index contributed by atoms with van der Waals surface area (Å²) in [5, 5.41) is 10.9. The van der Waals surface area contributed by atoms with E-state index in [-0.39, 0.29) is 12.3 Å². The lowest BCUT2D eigenvalue weighted by Crippen LogP contribution is -2.13. The van der Waals surface area contributed by atoms with E-state index in [1.165, 1.54) is 0 Å². The quantitative estimate of drug-likeness (QED) is 0.686. The van der Waals surface area contributed by atoms with Crippen LogP contribution in [-0.2, 0) is 11.2 Å². The van der Waals surface area contributed by atoms with Gasteiger partial charge < -0.3 is 19.2 Å². The van der Waals surface area contributed by atoms with Gasteiger partial charge in [-0.25, -0.2) is 0 Å². The zero-order valence-electron chi connectivity index (χ0n) is 15.5. The van der Waals surface area contributed by atoms with Crippen molar-refractivity contribution >= 4 is 11.6 Å². The van der Waals surface area contributed by atoms with Gasteiger partial charge in [0.2, 0.25) is 17.7 Å². The molecule has 0 aliphatic carbocycles. The second-order valence-corrected chi connectivity index (χ2v) is 5.98. The number of aryl methyl sites for hydroxylation is 2. The monoisotopic (exact) mass is 367 g/mol. The van der Waals surface area contributed by atoms with Crippen molar-refractivity contribution in [1.82, 2.24) is 10.2 Å². The third-order valence-electron chi connectivity index (χ3n) is 4.01. The van der Waals surface area contributed by atoms with Gasteiger partial charge in [-0.3, -0.25) is 4.79 Å². The summed E-state index contributed by atoms with van der Waals surface area (Å²) in [4.78, 5) is 12.3. The summed E-state index contributed by atoms with van der Waals surface area (Å²) in [5.74, 6) is 1.86. The number of hydrogen-bond acceptors (Lipinski definition) is 6. The molecule has 0 spiro atoms. The Hall–Kier alpha value is -3.35. The molecule has 0 atom stereocenters. The molecule has 1 amide bonds. The number of hydrogen-bond donors (Lipinski definition) is 1. The molecule has 0 aliphatic rings. The van der Waals surface area contributed by atoms with Crippen LogP contribution in [0.15, 0.2) is 46.9 Å². The molecule has 0 unspecified atom stereocenters. The summed E-state index contributed by atoms with van der Waals surface area (Å²) in [6.07, 6.45) is 0.548. The summed E-state index contributed by atoms with van der Waals surface area (Å²) >= 11 is 0. The molecule has 3 aromatic rings. The highest BCUT2D eigenvalue weighted by Gasteiger charge is 2.13. The third-order valence-corrected chi connectivity index (χ3v) is 4.01. The molecule has 2 aromatic carbocycles. The van der Waals surface area contributed by atoms with Crippen molar-refractivity contribution in [3.05, 3.63) is 53.9 Å². The highest BCUT2D eigenvalue weighted by molar-refractivity contribution is 5.92. The first kappa shape index (κ1) is 18.4. The molecule has 0 fully saturated rings. The van der Waals surface area contributed by atoms with E-state index in [4.69, 9.17) is 13.9 Å². The molecule has 0 radical (unpaired) electrons. The molecule has 140 valence electrons. The highest BCUT2D eigenvalue weighted by Crippen LogP contribution is 2.29. The lowest BCUT2D eigenvalue weighted by atomic mass is 10.1. The average Bonchev–Trinajstić information content (AvgIpc) is 3.16. The smallest absolute Gasteiger partial charge is 0.247 e. The van der Waals surface area contributed by atoms with Gasteiger partial charge in [0, 0.05) is 24.5 Å². The molecule has 1 heterocycles. The number of anilines is 1. The molecular formula is C20H21N3O4. The van der Waals surface area contributed by atoms with Gasteiger partial charge in [0.15, 0.2) is 0 Å². The van der Waals surface area contributed by atoms with Crippen LogP contribution in [0, 0.1) is 6.92 Å². The van der Waals surface area contributed by atoms with E-state index in [9.17, 15) is 4.79 Å². The third kappa shape index (κ3) is 4.63. The first-order valence-electron chi connectivity index (χ1n) is 8.50. The Kier molecular flexibility index (Phi) is 5.71. The van der Waals surface area contributed by atoms with Crippen LogP contribution in [0.4, 0.5) is 5.69 Å². The van der Waals surface area contributed by atoms with Crippen LogP contribution < -0.4 is 14.8 Å². The van der Waals surface area contributed by atoms with Gasteiger partial charge in [0.25, 0.3) is 0 Å². The molecule has 0 aliphatic heterocycles. The molecular weight excluding hydrogens is 346 g/mol. The highest BCUT2D eigenvalue weighted by atomic mass is 16.5. The first-order valence-corrected chi connectivity index (χ1v) is 8.50. The molecule has 1 aromatic heterocycles. The fraction of sp³-hybridized carbons (Fsp3) is 0.250. The first-order chi connectivity index (χ1) is 13.1. The second-order valence-electron chi connectivity index (χ2n) is 5.98. The molecule has 0 saturated heterocycles. The van der Waals surface area contributed by atoms with E-state index >= 15 is 0 Å². The number of nitrogens with zero attached hydrogens (tertiary/aromatic N) is 2. The molecule has 3 rings (SSSR count). The van der Waals surface area contributed by atoms with Crippen molar-refractivity contribution in [2.75, 3.05) is 19.5 Å². The van der Waals surface area contributed by atoms with Crippen molar-refractivity contribution in [3.63, 3.8) is 0 Å². The molecule has 1 N–H and O–H groups in total. The van der Waals surface area contributed by atoms with Crippen molar-refractivity contribution in [1.29, 1.82) is 0 Å². The predicted octanol–water partition coefficient (Wildman–Crippen LogP) is 3.63. The molecule has 7 nitrogen and oxygen atoms in total. The number of methoxy groups -OCH3 is 2. The summed E-state index contributed by atoms with van der Waals surface area (Å²) in [7, 11) is 3.11. The van der Waals surface area contributed by atoms with Crippen LogP contribution in [0.2, 0.25) is 0 Å². The van der Waals surface area contributed by atoms with Crippen molar-refractivity contribution in [3.8, 4) is 23.0 Å². The van der Waals surface area contributed by atoms with Gasteiger partial charge in [-0.2, -0.15) is 0 Å². The van der Waals surface area contributed by atoms with Gasteiger partial charge in [0.05, 0.1) is 19.9 Å². The van der Waals surface area contributed by atoms with Gasteiger partial charge in [-0.05, 0) is 31.2 Å². The summed E-state index contributed by atoms with van der Waals surface area (Å²) in [6, 6.07) is 13.0. The Morgan fingerprint density at radius 1 is 1.07 bits per heavy atom. The Morgan fingerprint density at radius 3 is 2.56 bits per heavy atom. The number of carbonyl (C=O) groups excluding carboxylic acids is 1. The van der Waals surface area contributed by atoms with Crippen LogP contribution in [0.5, 0.6) is 11.5 Å². The average molecular weight is 367 g/mol. The number of aromatic nitrogens is 2. The van der Waals surface area contributed by atoms with Gasteiger partial charge in [0.1, 0.15) is 11.5 Å². The van der Waals surface area contributed by atoms with Crippen LogP contribution >= 0.6 is 0 Å². The van der Waals surface area contributed by atoms with Gasteiger partial charge in [-0.15, -0.1) is 10.2 Å². The normalized spacial score (nSPS) is 10.5. The van der Waals surface area contributed by atoms with E-state index in [1.54, 1.807) is 32.4 Å². The van der Waals surface area contributed by atoms with E-state index in [2.05, 4.69) is 15.5 Å².